The summed E-state index contributed by atoms with van der Waals surface area (Å²) in [6.45, 7) is 1.69. The Morgan fingerprint density at radius 2 is 1.84 bits per heavy atom. The third kappa shape index (κ3) is 4.53. The molecule has 1 aromatic carbocycles. The highest BCUT2D eigenvalue weighted by molar-refractivity contribution is 6.10. The second-order valence-electron chi connectivity index (χ2n) is 8.51. The maximum Gasteiger partial charge on any atom is 0.417 e. The number of aryl methyl sites for hydroxylation is 1. The largest absolute Gasteiger partial charge is 0.417 e. The van der Waals surface area contributed by atoms with Crippen molar-refractivity contribution in [2.45, 2.75) is 25.7 Å². The van der Waals surface area contributed by atoms with Crippen LogP contribution >= 0.6 is 0 Å². The molecular weight excluding hydrogens is 485 g/mol. The van der Waals surface area contributed by atoms with Gasteiger partial charge in [0.05, 0.1) is 35.6 Å². The molecule has 5 rings (SSSR count). The van der Waals surface area contributed by atoms with E-state index in [9.17, 15) is 18.0 Å². The summed E-state index contributed by atoms with van der Waals surface area (Å²) in [5, 5.41) is 5.70. The topological polar surface area (TPSA) is 116 Å². The Morgan fingerprint density at radius 1 is 1.08 bits per heavy atom. The number of carbonyl (C=O) groups is 1. The first-order valence-corrected chi connectivity index (χ1v) is 11.2. The summed E-state index contributed by atoms with van der Waals surface area (Å²) in [6.07, 6.45) is 1.03. The Kier molecular flexibility index (Phi) is 5.94. The summed E-state index contributed by atoms with van der Waals surface area (Å²) in [4.78, 5) is 32.2. The van der Waals surface area contributed by atoms with Crippen molar-refractivity contribution in [2.75, 3.05) is 5.73 Å². The van der Waals surface area contributed by atoms with Gasteiger partial charge in [0.2, 0.25) is 0 Å². The lowest BCUT2D eigenvalue weighted by atomic mass is 10.1. The first kappa shape index (κ1) is 24.1. The molecule has 0 fully saturated rings. The SMILES string of the molecule is C[C@@H](c1ncccn1)N(Cc1ccc(C(F)(F)F)cn1)C(=O)c1ccc2nc(N)c3c(cnn3C)c2c1. The Hall–Kier alpha value is -4.61. The van der Waals surface area contributed by atoms with Crippen LogP contribution in [0.5, 0.6) is 0 Å². The fourth-order valence-electron chi connectivity index (χ4n) is 4.18. The first-order chi connectivity index (χ1) is 17.6. The molecule has 5 aromatic rings. The van der Waals surface area contributed by atoms with E-state index >= 15 is 0 Å². The number of nitrogen functional groups attached to an aromatic ring is 1. The number of hydrogen-bond acceptors (Lipinski definition) is 7. The number of pyridine rings is 2. The number of hydrogen-bond donors (Lipinski definition) is 1. The quantitative estimate of drug-likeness (QED) is 0.378. The van der Waals surface area contributed by atoms with Gasteiger partial charge in [0.15, 0.2) is 0 Å². The van der Waals surface area contributed by atoms with Crippen LogP contribution < -0.4 is 5.73 Å². The van der Waals surface area contributed by atoms with Gasteiger partial charge in [-0.3, -0.25) is 14.5 Å². The second kappa shape index (κ2) is 9.12. The molecule has 0 saturated carbocycles. The van der Waals surface area contributed by atoms with Crippen molar-refractivity contribution >= 4 is 33.5 Å². The lowest BCUT2D eigenvalue weighted by Crippen LogP contribution is -2.34. The second-order valence-corrected chi connectivity index (χ2v) is 8.51. The molecule has 0 bridgehead atoms. The zero-order chi connectivity index (χ0) is 26.3. The average Bonchev–Trinajstić information content (AvgIpc) is 3.29. The Balaban J connectivity index is 1.56. The summed E-state index contributed by atoms with van der Waals surface area (Å²) >= 11 is 0. The molecular formula is C25H21F3N8O. The zero-order valence-electron chi connectivity index (χ0n) is 19.8. The number of halogens is 3. The van der Waals surface area contributed by atoms with Gasteiger partial charge in [0, 0.05) is 42.0 Å². The van der Waals surface area contributed by atoms with Crippen LogP contribution in [0.15, 0.2) is 61.2 Å². The molecule has 2 N–H and O–H groups in total. The summed E-state index contributed by atoms with van der Waals surface area (Å²) < 4.78 is 40.6. The predicted octanol–water partition coefficient (Wildman–Crippen LogP) is 4.31. The van der Waals surface area contributed by atoms with Crippen LogP contribution in [-0.2, 0) is 19.8 Å². The number of fused-ring (bicyclic) bond motifs is 3. The van der Waals surface area contributed by atoms with Gasteiger partial charge in [-0.15, -0.1) is 0 Å². The van der Waals surface area contributed by atoms with Gasteiger partial charge in [-0.1, -0.05) is 0 Å². The number of anilines is 1. The number of alkyl halides is 3. The van der Waals surface area contributed by atoms with Crippen LogP contribution in [0.25, 0.3) is 21.8 Å². The van der Waals surface area contributed by atoms with E-state index in [0.717, 1.165) is 17.6 Å². The van der Waals surface area contributed by atoms with Crippen molar-refractivity contribution < 1.29 is 18.0 Å². The number of nitrogens with two attached hydrogens (primary N) is 1. The van der Waals surface area contributed by atoms with Crippen molar-refractivity contribution in [3.05, 3.63) is 83.8 Å². The number of aromatic nitrogens is 6. The maximum atomic E-state index is 13.8. The Morgan fingerprint density at radius 3 is 2.51 bits per heavy atom. The molecule has 0 aliphatic heterocycles. The van der Waals surface area contributed by atoms with E-state index in [2.05, 4.69) is 25.0 Å². The lowest BCUT2D eigenvalue weighted by Gasteiger charge is -2.28. The molecule has 37 heavy (non-hydrogen) atoms. The molecule has 4 heterocycles. The van der Waals surface area contributed by atoms with E-state index in [0.29, 0.717) is 33.6 Å². The predicted molar refractivity (Wildman–Crippen MR) is 130 cm³/mol. The van der Waals surface area contributed by atoms with Gasteiger partial charge >= 0.3 is 6.18 Å². The molecule has 188 valence electrons. The van der Waals surface area contributed by atoms with Crippen molar-refractivity contribution in [2.24, 2.45) is 7.05 Å². The van der Waals surface area contributed by atoms with Crippen molar-refractivity contribution in [3.8, 4) is 0 Å². The molecule has 12 heteroatoms. The van der Waals surface area contributed by atoms with Crippen LogP contribution in [-0.4, -0.2) is 40.5 Å². The van der Waals surface area contributed by atoms with Crippen molar-refractivity contribution in [1.29, 1.82) is 0 Å². The number of nitrogens with zero attached hydrogens (tertiary/aromatic N) is 7. The van der Waals surface area contributed by atoms with Crippen LogP contribution in [0, 0.1) is 0 Å². The van der Waals surface area contributed by atoms with Crippen molar-refractivity contribution in [3.63, 3.8) is 0 Å². The highest BCUT2D eigenvalue weighted by Crippen LogP contribution is 2.31. The van der Waals surface area contributed by atoms with Gasteiger partial charge in [0.25, 0.3) is 5.91 Å². The van der Waals surface area contributed by atoms with Crippen LogP contribution in [0.3, 0.4) is 0 Å². The third-order valence-corrected chi connectivity index (χ3v) is 6.13. The average molecular weight is 506 g/mol. The fraction of sp³-hybridized carbons (Fsp3) is 0.200. The van der Waals surface area contributed by atoms with E-state index in [1.165, 1.54) is 11.0 Å². The minimum absolute atomic E-state index is 0.0588. The molecule has 0 unspecified atom stereocenters. The minimum atomic E-state index is -4.51. The number of amides is 1. The number of benzene rings is 1. The highest BCUT2D eigenvalue weighted by atomic mass is 19.4. The molecule has 1 atom stereocenters. The normalized spacial score (nSPS) is 12.7. The molecule has 9 nitrogen and oxygen atoms in total. The molecule has 0 radical (unpaired) electrons. The molecule has 0 aliphatic carbocycles. The van der Waals surface area contributed by atoms with E-state index < -0.39 is 17.8 Å². The van der Waals surface area contributed by atoms with Gasteiger partial charge in [-0.05, 0) is 43.3 Å². The van der Waals surface area contributed by atoms with E-state index in [1.54, 1.807) is 61.5 Å². The lowest BCUT2D eigenvalue weighted by molar-refractivity contribution is -0.137. The van der Waals surface area contributed by atoms with E-state index in [4.69, 9.17) is 5.73 Å². The Bertz CT molecular complexity index is 1600. The Labute approximate surface area is 208 Å². The minimum Gasteiger partial charge on any atom is -0.382 e. The molecule has 1 amide bonds. The van der Waals surface area contributed by atoms with Crippen molar-refractivity contribution in [1.82, 2.24) is 34.6 Å². The summed E-state index contributed by atoms with van der Waals surface area (Å²) in [6, 6.07) is 8.29. The summed E-state index contributed by atoms with van der Waals surface area (Å²) in [7, 11) is 1.75. The molecule has 0 saturated heterocycles. The van der Waals surface area contributed by atoms with Gasteiger partial charge in [0.1, 0.15) is 17.2 Å². The van der Waals surface area contributed by atoms with Crippen LogP contribution in [0.1, 0.15) is 40.4 Å². The molecule has 4 aromatic heterocycles. The summed E-state index contributed by atoms with van der Waals surface area (Å²) in [5.74, 6) is 0.330. The summed E-state index contributed by atoms with van der Waals surface area (Å²) in [5.41, 5.74) is 7.12. The maximum absolute atomic E-state index is 13.8. The van der Waals surface area contributed by atoms with Gasteiger partial charge in [-0.2, -0.15) is 18.3 Å². The smallest absolute Gasteiger partial charge is 0.382 e. The number of carbonyl (C=O) groups excluding carboxylic acids is 1. The molecule has 0 aliphatic rings. The van der Waals surface area contributed by atoms with Gasteiger partial charge in [-0.25, -0.2) is 15.0 Å². The monoisotopic (exact) mass is 506 g/mol. The fourth-order valence-corrected chi connectivity index (χ4v) is 4.18. The molecule has 0 spiro atoms. The zero-order valence-corrected chi connectivity index (χ0v) is 19.8. The first-order valence-electron chi connectivity index (χ1n) is 11.2. The third-order valence-electron chi connectivity index (χ3n) is 6.13. The number of rotatable bonds is 5. The van der Waals surface area contributed by atoms with E-state index in [1.807, 2.05) is 0 Å². The van der Waals surface area contributed by atoms with Crippen LogP contribution in [0.2, 0.25) is 0 Å². The van der Waals surface area contributed by atoms with E-state index in [-0.39, 0.29) is 18.1 Å². The standard InChI is InChI=1S/C25H21F3N8O/c1-14(23-30-8-3-9-31-23)36(13-17-6-5-16(11-32-17)25(26,27)28)24(37)15-4-7-20-18(10-15)19-12-33-35(2)21(19)22(29)34-20/h3-12,14H,13H2,1-2H3,(H2,29,34)/t14-/m0/s1. The highest BCUT2D eigenvalue weighted by Gasteiger charge is 2.31. The van der Waals surface area contributed by atoms with Crippen LogP contribution in [0.4, 0.5) is 19.0 Å². The van der Waals surface area contributed by atoms with Gasteiger partial charge < -0.3 is 10.6 Å².